The van der Waals surface area contributed by atoms with Crippen LogP contribution in [0, 0.1) is 13.8 Å². The van der Waals surface area contributed by atoms with Gasteiger partial charge < -0.3 is 15.4 Å². The summed E-state index contributed by atoms with van der Waals surface area (Å²) in [6.07, 6.45) is -0.169. The number of esters is 1. The van der Waals surface area contributed by atoms with E-state index in [1.54, 1.807) is 24.3 Å². The van der Waals surface area contributed by atoms with Crippen LogP contribution in [-0.4, -0.2) is 24.4 Å². The minimum Gasteiger partial charge on any atom is -0.456 e. The summed E-state index contributed by atoms with van der Waals surface area (Å²) in [5.41, 5.74) is 3.18. The highest BCUT2D eigenvalue weighted by atomic mass is 79.9. The molecule has 2 amide bonds. The Balaban J connectivity index is 1.72. The van der Waals surface area contributed by atoms with Gasteiger partial charge in [-0.3, -0.25) is 14.4 Å². The predicted molar refractivity (Wildman–Crippen MR) is 113 cm³/mol. The third-order valence-corrected chi connectivity index (χ3v) is 5.27. The van der Waals surface area contributed by atoms with E-state index in [-0.39, 0.29) is 18.7 Å². The normalized spacial score (nSPS) is 10.3. The first-order valence-electron chi connectivity index (χ1n) is 8.52. The Morgan fingerprint density at radius 3 is 2.11 bits per heavy atom. The summed E-state index contributed by atoms with van der Waals surface area (Å²) >= 11 is 9.24. The lowest BCUT2D eigenvalue weighted by molar-refractivity contribution is -0.147. The fourth-order valence-corrected chi connectivity index (χ4v) is 2.76. The first-order chi connectivity index (χ1) is 13.2. The molecule has 2 aromatic carbocycles. The minimum absolute atomic E-state index is 0.0474. The van der Waals surface area contributed by atoms with E-state index < -0.39 is 18.5 Å². The van der Waals surface area contributed by atoms with Crippen molar-refractivity contribution in [2.45, 2.75) is 26.7 Å². The van der Waals surface area contributed by atoms with Crippen molar-refractivity contribution < 1.29 is 19.1 Å². The van der Waals surface area contributed by atoms with Crippen LogP contribution in [0.2, 0.25) is 5.02 Å². The van der Waals surface area contributed by atoms with Crippen LogP contribution in [0.4, 0.5) is 11.4 Å². The van der Waals surface area contributed by atoms with E-state index in [1.807, 2.05) is 26.0 Å². The number of amides is 2. The van der Waals surface area contributed by atoms with Gasteiger partial charge in [-0.25, -0.2) is 0 Å². The zero-order valence-electron chi connectivity index (χ0n) is 15.5. The fourth-order valence-electron chi connectivity index (χ4n) is 2.41. The number of nitrogens with one attached hydrogen (secondary N) is 2. The molecule has 0 heterocycles. The van der Waals surface area contributed by atoms with Gasteiger partial charge in [0.1, 0.15) is 0 Å². The number of hydrogen-bond acceptors (Lipinski definition) is 4. The van der Waals surface area contributed by atoms with E-state index in [2.05, 4.69) is 26.6 Å². The first-order valence-corrected chi connectivity index (χ1v) is 9.69. The molecule has 0 spiro atoms. The van der Waals surface area contributed by atoms with Crippen LogP contribution in [0.1, 0.15) is 24.0 Å². The molecule has 0 atom stereocenters. The van der Waals surface area contributed by atoms with Crippen LogP contribution in [-0.2, 0) is 19.1 Å². The Bertz CT molecular complexity index is 861. The van der Waals surface area contributed by atoms with Gasteiger partial charge in [-0.05, 0) is 61.4 Å². The molecular weight excluding hydrogens is 448 g/mol. The van der Waals surface area contributed by atoms with Gasteiger partial charge in [0.25, 0.3) is 5.91 Å². The van der Waals surface area contributed by atoms with Crippen molar-refractivity contribution in [3.8, 4) is 0 Å². The topological polar surface area (TPSA) is 84.5 Å². The Kier molecular flexibility index (Phi) is 8.02. The number of carbonyl (C=O) groups excluding carboxylic acids is 3. The van der Waals surface area contributed by atoms with Crippen LogP contribution in [0.5, 0.6) is 0 Å². The van der Waals surface area contributed by atoms with Crippen molar-refractivity contribution in [3.05, 3.63) is 57.0 Å². The van der Waals surface area contributed by atoms with Gasteiger partial charge in [-0.1, -0.05) is 27.5 Å². The predicted octanol–water partition coefficient (Wildman–Crippen LogP) is 4.62. The Morgan fingerprint density at radius 2 is 1.50 bits per heavy atom. The summed E-state index contributed by atoms with van der Waals surface area (Å²) in [4.78, 5) is 35.5. The van der Waals surface area contributed by atoms with Crippen molar-refractivity contribution in [2.24, 2.45) is 0 Å². The smallest absolute Gasteiger partial charge is 0.306 e. The maximum atomic E-state index is 11.9. The maximum absolute atomic E-state index is 11.9. The molecule has 0 aliphatic rings. The zero-order chi connectivity index (χ0) is 20.7. The first kappa shape index (κ1) is 21.9. The molecule has 0 aliphatic carbocycles. The molecule has 0 radical (unpaired) electrons. The second-order valence-corrected chi connectivity index (χ2v) is 7.42. The van der Waals surface area contributed by atoms with Crippen LogP contribution in [0.15, 0.2) is 40.9 Å². The lowest BCUT2D eigenvalue weighted by Crippen LogP contribution is -2.22. The van der Waals surface area contributed by atoms with E-state index in [0.29, 0.717) is 16.4 Å². The van der Waals surface area contributed by atoms with Gasteiger partial charge in [0, 0.05) is 27.3 Å². The summed E-state index contributed by atoms with van der Waals surface area (Å²) < 4.78 is 5.90. The molecule has 2 rings (SSSR count). The van der Waals surface area contributed by atoms with Gasteiger partial charge in [0.2, 0.25) is 5.91 Å². The van der Waals surface area contributed by atoms with Crippen molar-refractivity contribution in [1.29, 1.82) is 0 Å². The van der Waals surface area contributed by atoms with Gasteiger partial charge in [-0.15, -0.1) is 0 Å². The second-order valence-electron chi connectivity index (χ2n) is 6.19. The van der Waals surface area contributed by atoms with Crippen LogP contribution in [0.3, 0.4) is 0 Å². The van der Waals surface area contributed by atoms with Crippen LogP contribution < -0.4 is 10.6 Å². The summed E-state index contributed by atoms with van der Waals surface area (Å²) in [6, 6.07) is 10.3. The highest BCUT2D eigenvalue weighted by Gasteiger charge is 2.12. The lowest BCUT2D eigenvalue weighted by Gasteiger charge is -2.10. The second kappa shape index (κ2) is 10.2. The summed E-state index contributed by atoms with van der Waals surface area (Å²) in [5, 5.41) is 5.89. The summed E-state index contributed by atoms with van der Waals surface area (Å²) in [5.74, 6) is -1.39. The number of carbonyl (C=O) groups is 3. The molecule has 2 N–H and O–H groups in total. The molecule has 0 saturated carbocycles. The molecule has 0 aliphatic heterocycles. The van der Waals surface area contributed by atoms with Gasteiger partial charge in [-0.2, -0.15) is 0 Å². The van der Waals surface area contributed by atoms with Gasteiger partial charge in [0.15, 0.2) is 6.61 Å². The minimum atomic E-state index is -0.621. The third kappa shape index (κ3) is 6.98. The molecule has 0 bridgehead atoms. The zero-order valence-corrected chi connectivity index (χ0v) is 17.8. The number of benzene rings is 2. The standard InChI is InChI=1S/C20H20BrClN2O4/c1-12-9-16(10-13(2)20(12)21)24-18(26)11-28-19(27)8-7-17(25)23-15-5-3-14(22)4-6-15/h3-6,9-10H,7-8,11H2,1-2H3,(H,23,25)(H,24,26). The molecule has 2 aromatic rings. The number of aryl methyl sites for hydroxylation is 2. The largest absolute Gasteiger partial charge is 0.456 e. The SMILES string of the molecule is Cc1cc(NC(=O)COC(=O)CCC(=O)Nc2ccc(Cl)cc2)cc(C)c1Br. The number of rotatable bonds is 7. The Morgan fingerprint density at radius 1 is 0.929 bits per heavy atom. The van der Waals surface area contributed by atoms with Crippen LogP contribution in [0.25, 0.3) is 0 Å². The highest BCUT2D eigenvalue weighted by molar-refractivity contribution is 9.10. The van der Waals surface area contributed by atoms with Gasteiger partial charge >= 0.3 is 5.97 Å². The lowest BCUT2D eigenvalue weighted by atomic mass is 10.1. The summed E-state index contributed by atoms with van der Waals surface area (Å²) in [7, 11) is 0. The van der Waals surface area contributed by atoms with Crippen molar-refractivity contribution in [3.63, 3.8) is 0 Å². The van der Waals surface area contributed by atoms with Gasteiger partial charge in [0.05, 0.1) is 6.42 Å². The van der Waals surface area contributed by atoms with Crippen LogP contribution >= 0.6 is 27.5 Å². The van der Waals surface area contributed by atoms with E-state index in [9.17, 15) is 14.4 Å². The fraction of sp³-hybridized carbons (Fsp3) is 0.250. The van der Waals surface area contributed by atoms with E-state index in [4.69, 9.17) is 16.3 Å². The Labute approximate surface area is 176 Å². The van der Waals surface area contributed by atoms with Crippen molar-refractivity contribution in [1.82, 2.24) is 0 Å². The number of ether oxygens (including phenoxy) is 1. The molecule has 6 nitrogen and oxygen atoms in total. The Hall–Kier alpha value is -2.38. The number of hydrogen-bond donors (Lipinski definition) is 2. The molecular formula is C20H20BrClN2O4. The maximum Gasteiger partial charge on any atom is 0.306 e. The highest BCUT2D eigenvalue weighted by Crippen LogP contribution is 2.24. The molecule has 0 aromatic heterocycles. The molecule has 0 saturated heterocycles. The quantitative estimate of drug-likeness (QED) is 0.582. The van der Waals surface area contributed by atoms with Crippen molar-refractivity contribution >= 4 is 56.7 Å². The molecule has 0 fully saturated rings. The molecule has 28 heavy (non-hydrogen) atoms. The van der Waals surface area contributed by atoms with Crippen molar-refractivity contribution in [2.75, 3.05) is 17.2 Å². The third-order valence-electron chi connectivity index (χ3n) is 3.77. The number of halogens is 2. The average molecular weight is 468 g/mol. The monoisotopic (exact) mass is 466 g/mol. The van der Waals surface area contributed by atoms with E-state index in [0.717, 1.165) is 15.6 Å². The number of anilines is 2. The molecule has 8 heteroatoms. The average Bonchev–Trinajstić information content (AvgIpc) is 2.64. The van der Waals surface area contributed by atoms with E-state index >= 15 is 0 Å². The summed E-state index contributed by atoms with van der Waals surface area (Å²) in [6.45, 7) is 3.43. The molecule has 148 valence electrons. The van der Waals surface area contributed by atoms with E-state index in [1.165, 1.54) is 0 Å². The molecule has 0 unspecified atom stereocenters.